The van der Waals surface area contributed by atoms with Crippen molar-refractivity contribution < 1.29 is 13.9 Å². The van der Waals surface area contributed by atoms with E-state index in [-0.39, 0.29) is 23.2 Å². The van der Waals surface area contributed by atoms with E-state index in [1.54, 1.807) is 18.2 Å². The van der Waals surface area contributed by atoms with Crippen LogP contribution in [0.25, 0.3) is 0 Å². The Labute approximate surface area is 119 Å². The van der Waals surface area contributed by atoms with Gasteiger partial charge in [0.1, 0.15) is 0 Å². The third kappa shape index (κ3) is 3.11. The molecule has 0 radical (unpaired) electrons. The molecule has 0 aliphatic carbocycles. The fraction of sp³-hybridized carbons (Fsp3) is 0.600. The molecule has 1 heterocycles. The van der Waals surface area contributed by atoms with E-state index in [2.05, 4.69) is 5.43 Å². The molecule has 0 spiro atoms. The third-order valence-corrected chi connectivity index (χ3v) is 4.12. The second-order valence-electron chi connectivity index (χ2n) is 5.47. The quantitative estimate of drug-likeness (QED) is 0.642. The first-order valence-electron chi connectivity index (χ1n) is 7.02. The van der Waals surface area contributed by atoms with Crippen LogP contribution < -0.4 is 16.0 Å². The molecule has 1 aliphatic rings. The lowest BCUT2D eigenvalue weighted by atomic mass is 9.85. The van der Waals surface area contributed by atoms with Crippen LogP contribution in [0.15, 0.2) is 18.2 Å². The zero-order valence-corrected chi connectivity index (χ0v) is 12.1. The zero-order chi connectivity index (χ0) is 14.6. The molecule has 5 heteroatoms. The summed E-state index contributed by atoms with van der Waals surface area (Å²) in [4.78, 5) is 0. The van der Waals surface area contributed by atoms with Crippen molar-refractivity contribution in [3.8, 4) is 5.75 Å². The lowest BCUT2D eigenvalue weighted by Gasteiger charge is -2.40. The van der Waals surface area contributed by atoms with Gasteiger partial charge in [0.25, 0.3) is 0 Å². The molecule has 0 bridgehead atoms. The molecule has 2 rings (SSSR count). The second kappa shape index (κ2) is 6.52. The number of halogens is 1. The summed E-state index contributed by atoms with van der Waals surface area (Å²) in [6, 6.07) is 5.02. The van der Waals surface area contributed by atoms with E-state index in [1.165, 1.54) is 7.11 Å². The smallest absolute Gasteiger partial charge is 0.168 e. The number of nitrogens with one attached hydrogen (secondary N) is 1. The summed E-state index contributed by atoms with van der Waals surface area (Å²) in [6.07, 6.45) is 3.57. The van der Waals surface area contributed by atoms with Gasteiger partial charge in [-0.3, -0.25) is 11.3 Å². The van der Waals surface area contributed by atoms with Gasteiger partial charge in [-0.15, -0.1) is 0 Å². The van der Waals surface area contributed by atoms with Gasteiger partial charge >= 0.3 is 0 Å². The fourth-order valence-corrected chi connectivity index (χ4v) is 2.77. The minimum atomic E-state index is -0.359. The van der Waals surface area contributed by atoms with Crippen LogP contribution in [-0.4, -0.2) is 25.4 Å². The number of hydrogen-bond acceptors (Lipinski definition) is 4. The van der Waals surface area contributed by atoms with E-state index in [4.69, 9.17) is 15.3 Å². The normalized spacial score (nSPS) is 24.4. The van der Waals surface area contributed by atoms with E-state index in [0.717, 1.165) is 25.9 Å². The van der Waals surface area contributed by atoms with Crippen molar-refractivity contribution in [2.75, 3.05) is 13.7 Å². The van der Waals surface area contributed by atoms with Crippen LogP contribution in [0.5, 0.6) is 5.75 Å². The number of benzene rings is 1. The Morgan fingerprint density at radius 2 is 2.30 bits per heavy atom. The Kier molecular flexibility index (Phi) is 4.96. The summed E-state index contributed by atoms with van der Waals surface area (Å²) in [5.41, 5.74) is 3.02. The molecule has 20 heavy (non-hydrogen) atoms. The van der Waals surface area contributed by atoms with Crippen molar-refractivity contribution in [2.24, 2.45) is 5.84 Å². The highest BCUT2D eigenvalue weighted by Gasteiger charge is 2.36. The second-order valence-corrected chi connectivity index (χ2v) is 5.47. The molecule has 0 amide bonds. The van der Waals surface area contributed by atoms with Gasteiger partial charge in [0.05, 0.1) is 18.8 Å². The standard InChI is InChI=1S/C15H23FN2O2/c1-15(8-3-4-9-20-15)13(18-17)10-11-6-5-7-12(19-2)14(11)16/h5-7,13,18H,3-4,8-10,17H2,1-2H3. The lowest BCUT2D eigenvalue weighted by molar-refractivity contribution is -0.0885. The Morgan fingerprint density at radius 3 is 2.90 bits per heavy atom. The van der Waals surface area contributed by atoms with Crippen molar-refractivity contribution >= 4 is 0 Å². The number of ether oxygens (including phenoxy) is 2. The predicted molar refractivity (Wildman–Crippen MR) is 76.0 cm³/mol. The molecule has 2 unspecified atom stereocenters. The first-order chi connectivity index (χ1) is 9.60. The maximum Gasteiger partial charge on any atom is 0.168 e. The monoisotopic (exact) mass is 282 g/mol. The van der Waals surface area contributed by atoms with Crippen molar-refractivity contribution in [1.29, 1.82) is 0 Å². The van der Waals surface area contributed by atoms with Gasteiger partial charge in [-0.1, -0.05) is 12.1 Å². The van der Waals surface area contributed by atoms with Gasteiger partial charge in [-0.25, -0.2) is 4.39 Å². The molecule has 0 saturated carbocycles. The van der Waals surface area contributed by atoms with Crippen LogP contribution in [0.2, 0.25) is 0 Å². The summed E-state index contributed by atoms with van der Waals surface area (Å²) in [5, 5.41) is 0. The molecule has 1 fully saturated rings. The number of hydrogen-bond donors (Lipinski definition) is 2. The molecule has 0 aromatic heterocycles. The van der Waals surface area contributed by atoms with Crippen LogP contribution in [0.1, 0.15) is 31.7 Å². The van der Waals surface area contributed by atoms with Crippen LogP contribution in [0, 0.1) is 5.82 Å². The molecular weight excluding hydrogens is 259 g/mol. The highest BCUT2D eigenvalue weighted by Crippen LogP contribution is 2.30. The van der Waals surface area contributed by atoms with Gasteiger partial charge in [-0.05, 0) is 44.2 Å². The number of nitrogens with two attached hydrogens (primary N) is 1. The molecule has 3 N–H and O–H groups in total. The summed E-state index contributed by atoms with van der Waals surface area (Å²) >= 11 is 0. The molecular formula is C15H23FN2O2. The number of methoxy groups -OCH3 is 1. The van der Waals surface area contributed by atoms with Crippen molar-refractivity contribution in [3.05, 3.63) is 29.6 Å². The fourth-order valence-electron chi connectivity index (χ4n) is 2.77. The lowest BCUT2D eigenvalue weighted by Crippen LogP contribution is -2.55. The SMILES string of the molecule is COc1cccc(CC(NN)C2(C)CCCCO2)c1F. The minimum absolute atomic E-state index is 0.135. The predicted octanol–water partition coefficient (Wildman–Crippen LogP) is 2.17. The van der Waals surface area contributed by atoms with E-state index >= 15 is 0 Å². The maximum absolute atomic E-state index is 14.2. The minimum Gasteiger partial charge on any atom is -0.494 e. The van der Waals surface area contributed by atoms with E-state index in [9.17, 15) is 4.39 Å². The molecule has 112 valence electrons. The molecule has 1 aromatic carbocycles. The Balaban J connectivity index is 2.18. The first kappa shape index (κ1) is 15.2. The van der Waals surface area contributed by atoms with Gasteiger partial charge in [-0.2, -0.15) is 0 Å². The Morgan fingerprint density at radius 1 is 1.50 bits per heavy atom. The highest BCUT2D eigenvalue weighted by molar-refractivity contribution is 5.31. The molecule has 4 nitrogen and oxygen atoms in total. The number of rotatable bonds is 5. The molecule has 1 aromatic rings. The summed E-state index contributed by atoms with van der Waals surface area (Å²) in [7, 11) is 1.46. The van der Waals surface area contributed by atoms with Gasteiger partial charge in [0.15, 0.2) is 11.6 Å². The van der Waals surface area contributed by atoms with Gasteiger partial charge < -0.3 is 9.47 Å². The average molecular weight is 282 g/mol. The van der Waals surface area contributed by atoms with Crippen molar-refractivity contribution in [3.63, 3.8) is 0 Å². The topological polar surface area (TPSA) is 56.5 Å². The molecule has 1 saturated heterocycles. The number of hydrazine groups is 1. The van der Waals surface area contributed by atoms with Crippen LogP contribution >= 0.6 is 0 Å². The van der Waals surface area contributed by atoms with E-state index < -0.39 is 0 Å². The molecule has 2 atom stereocenters. The largest absolute Gasteiger partial charge is 0.494 e. The van der Waals surface area contributed by atoms with Gasteiger partial charge in [0.2, 0.25) is 0 Å². The van der Waals surface area contributed by atoms with Crippen molar-refractivity contribution in [1.82, 2.24) is 5.43 Å². The first-order valence-corrected chi connectivity index (χ1v) is 7.02. The zero-order valence-electron chi connectivity index (χ0n) is 12.1. The molecule has 1 aliphatic heterocycles. The van der Waals surface area contributed by atoms with E-state index in [1.807, 2.05) is 6.92 Å². The summed E-state index contributed by atoms with van der Waals surface area (Å²) < 4.78 is 25.1. The van der Waals surface area contributed by atoms with Crippen molar-refractivity contribution in [2.45, 2.75) is 44.2 Å². The Hall–Kier alpha value is -1.17. The third-order valence-electron chi connectivity index (χ3n) is 4.12. The van der Waals surface area contributed by atoms with Crippen LogP contribution in [-0.2, 0) is 11.2 Å². The Bertz CT molecular complexity index is 447. The van der Waals surface area contributed by atoms with Gasteiger partial charge in [0, 0.05) is 6.61 Å². The van der Waals surface area contributed by atoms with Crippen LogP contribution in [0.4, 0.5) is 4.39 Å². The van der Waals surface area contributed by atoms with Crippen LogP contribution in [0.3, 0.4) is 0 Å². The summed E-state index contributed by atoms with van der Waals surface area (Å²) in [5.74, 6) is 5.61. The summed E-state index contributed by atoms with van der Waals surface area (Å²) in [6.45, 7) is 2.77. The maximum atomic E-state index is 14.2. The highest BCUT2D eigenvalue weighted by atomic mass is 19.1. The van der Waals surface area contributed by atoms with E-state index in [0.29, 0.717) is 12.0 Å². The average Bonchev–Trinajstić information content (AvgIpc) is 2.46.